The first kappa shape index (κ1) is 12.8. The molecule has 0 radical (unpaired) electrons. The summed E-state index contributed by atoms with van der Waals surface area (Å²) in [4.78, 5) is 22.7. The lowest BCUT2D eigenvalue weighted by molar-refractivity contribution is -0.136. The molecule has 0 aliphatic carbocycles. The molecule has 1 N–H and O–H groups in total. The minimum Gasteiger partial charge on any atom is -0.296 e. The zero-order valence-electron chi connectivity index (χ0n) is 10.9. The minimum absolute atomic E-state index is 0. The highest BCUT2D eigenvalue weighted by Gasteiger charge is 2.26. The Labute approximate surface area is 109 Å². The second kappa shape index (κ2) is 5.34. The number of hydrogen-bond acceptors (Lipinski definition) is 2. The van der Waals surface area contributed by atoms with Gasteiger partial charge in [-0.1, -0.05) is 38.1 Å². The van der Waals surface area contributed by atoms with Crippen molar-refractivity contribution in [2.24, 2.45) is 5.92 Å². The molecule has 0 bridgehead atoms. The van der Waals surface area contributed by atoms with Crippen LogP contribution in [0.1, 0.15) is 45.2 Å². The largest absolute Gasteiger partial charge is 0.296 e. The first-order valence-corrected chi connectivity index (χ1v) is 6.49. The van der Waals surface area contributed by atoms with Crippen LogP contribution >= 0.6 is 0 Å². The summed E-state index contributed by atoms with van der Waals surface area (Å²) in [5, 5.41) is 2.40. The van der Waals surface area contributed by atoms with Gasteiger partial charge in [-0.05, 0) is 29.9 Å². The molecule has 0 saturated carbocycles. The Morgan fingerprint density at radius 3 is 2.50 bits per heavy atom. The summed E-state index contributed by atoms with van der Waals surface area (Å²) in [5.41, 5.74) is 2.47. The average molecular weight is 247 g/mol. The van der Waals surface area contributed by atoms with E-state index in [9.17, 15) is 9.59 Å². The number of benzene rings is 1. The summed E-state index contributed by atoms with van der Waals surface area (Å²) in [6, 6.07) is 8.40. The molecular formula is C15H21NO2. The van der Waals surface area contributed by atoms with Crippen LogP contribution in [0.2, 0.25) is 0 Å². The van der Waals surface area contributed by atoms with Gasteiger partial charge in [-0.2, -0.15) is 0 Å². The molecule has 18 heavy (non-hydrogen) atoms. The molecular weight excluding hydrogens is 226 g/mol. The fraction of sp³-hybridized carbons (Fsp3) is 0.467. The second-order valence-corrected chi connectivity index (χ2v) is 5.25. The highest BCUT2D eigenvalue weighted by atomic mass is 16.2. The van der Waals surface area contributed by atoms with Crippen LogP contribution in [0.5, 0.6) is 0 Å². The predicted octanol–water partition coefficient (Wildman–Crippen LogP) is 2.65. The quantitative estimate of drug-likeness (QED) is 0.835. The van der Waals surface area contributed by atoms with Gasteiger partial charge in [-0.15, -0.1) is 0 Å². The van der Waals surface area contributed by atoms with Crippen LogP contribution in [-0.2, 0) is 16.0 Å². The van der Waals surface area contributed by atoms with E-state index in [2.05, 4.69) is 43.4 Å². The second-order valence-electron chi connectivity index (χ2n) is 5.25. The summed E-state index contributed by atoms with van der Waals surface area (Å²) in [6.07, 6.45) is 1.84. The zero-order valence-corrected chi connectivity index (χ0v) is 10.9. The SMILES string of the molecule is CC(C)c1ccc(CC2CCC(=O)NC2=O)cc1.[HH]. The zero-order chi connectivity index (χ0) is 13.1. The molecule has 1 saturated heterocycles. The Balaban J connectivity index is 0.00000180. The van der Waals surface area contributed by atoms with Crippen molar-refractivity contribution in [1.29, 1.82) is 0 Å². The molecule has 2 amide bonds. The molecule has 1 aromatic carbocycles. The fourth-order valence-corrected chi connectivity index (χ4v) is 2.26. The number of carbonyl (C=O) groups is 2. The summed E-state index contributed by atoms with van der Waals surface area (Å²) in [6.45, 7) is 4.32. The van der Waals surface area contributed by atoms with Gasteiger partial charge < -0.3 is 0 Å². The fourth-order valence-electron chi connectivity index (χ4n) is 2.26. The summed E-state index contributed by atoms with van der Waals surface area (Å²) < 4.78 is 0. The number of rotatable bonds is 3. The first-order valence-electron chi connectivity index (χ1n) is 6.49. The summed E-state index contributed by atoms with van der Waals surface area (Å²) in [7, 11) is 0. The van der Waals surface area contributed by atoms with E-state index >= 15 is 0 Å². The topological polar surface area (TPSA) is 46.2 Å². The molecule has 1 fully saturated rings. The minimum atomic E-state index is -0.147. The Morgan fingerprint density at radius 1 is 1.28 bits per heavy atom. The maximum absolute atomic E-state index is 11.7. The molecule has 1 heterocycles. The predicted molar refractivity (Wildman–Crippen MR) is 72.2 cm³/mol. The third-order valence-corrected chi connectivity index (χ3v) is 3.48. The van der Waals surface area contributed by atoms with Crippen LogP contribution in [0.3, 0.4) is 0 Å². The highest BCUT2D eigenvalue weighted by molar-refractivity contribution is 5.98. The van der Waals surface area contributed by atoms with E-state index in [-0.39, 0.29) is 19.2 Å². The number of nitrogens with one attached hydrogen (secondary N) is 1. The standard InChI is InChI=1S/C15H19NO2.H2/c1-10(2)12-5-3-11(4-6-12)9-13-7-8-14(17)16-15(13)18;/h3-6,10,13H,7-9H2,1-2H3,(H,16,17,18);1H. The van der Waals surface area contributed by atoms with Crippen LogP contribution in [0.25, 0.3) is 0 Å². The van der Waals surface area contributed by atoms with Gasteiger partial charge in [-0.3, -0.25) is 14.9 Å². The van der Waals surface area contributed by atoms with E-state index in [1.165, 1.54) is 5.56 Å². The Morgan fingerprint density at radius 2 is 1.94 bits per heavy atom. The van der Waals surface area contributed by atoms with E-state index in [0.29, 0.717) is 18.8 Å². The lowest BCUT2D eigenvalue weighted by Crippen LogP contribution is -2.41. The highest BCUT2D eigenvalue weighted by Crippen LogP contribution is 2.20. The number of carbonyl (C=O) groups excluding carboxylic acids is 2. The summed E-state index contributed by atoms with van der Waals surface area (Å²) >= 11 is 0. The van der Waals surface area contributed by atoms with Gasteiger partial charge in [0.2, 0.25) is 11.8 Å². The van der Waals surface area contributed by atoms with Crippen LogP contribution < -0.4 is 5.32 Å². The molecule has 1 aliphatic rings. The van der Waals surface area contributed by atoms with Crippen molar-refractivity contribution in [3.05, 3.63) is 35.4 Å². The molecule has 2 rings (SSSR count). The van der Waals surface area contributed by atoms with Crippen molar-refractivity contribution in [2.45, 2.75) is 39.0 Å². The van der Waals surface area contributed by atoms with Gasteiger partial charge in [0.05, 0.1) is 0 Å². The molecule has 1 aliphatic heterocycles. The first-order chi connectivity index (χ1) is 8.56. The van der Waals surface area contributed by atoms with Gasteiger partial charge in [0.1, 0.15) is 0 Å². The van der Waals surface area contributed by atoms with Crippen LogP contribution in [0.4, 0.5) is 0 Å². The van der Waals surface area contributed by atoms with Crippen LogP contribution in [0.15, 0.2) is 24.3 Å². The van der Waals surface area contributed by atoms with Gasteiger partial charge in [0, 0.05) is 13.8 Å². The molecule has 1 unspecified atom stereocenters. The molecule has 3 heteroatoms. The van der Waals surface area contributed by atoms with Gasteiger partial charge >= 0.3 is 0 Å². The van der Waals surface area contributed by atoms with Gasteiger partial charge in [0.15, 0.2) is 0 Å². The molecule has 98 valence electrons. The molecule has 1 aromatic rings. The van der Waals surface area contributed by atoms with Crippen molar-refractivity contribution in [2.75, 3.05) is 0 Å². The maximum atomic E-state index is 11.7. The van der Waals surface area contributed by atoms with Crippen molar-refractivity contribution >= 4 is 11.8 Å². The number of amides is 2. The van der Waals surface area contributed by atoms with E-state index in [1.54, 1.807) is 0 Å². The van der Waals surface area contributed by atoms with E-state index < -0.39 is 0 Å². The van der Waals surface area contributed by atoms with Crippen LogP contribution in [0, 0.1) is 5.92 Å². The lowest BCUT2D eigenvalue weighted by atomic mass is 9.90. The van der Waals surface area contributed by atoms with Crippen molar-refractivity contribution in [3.63, 3.8) is 0 Å². The van der Waals surface area contributed by atoms with Gasteiger partial charge in [0.25, 0.3) is 0 Å². The molecule has 0 aromatic heterocycles. The van der Waals surface area contributed by atoms with Crippen molar-refractivity contribution in [1.82, 2.24) is 5.32 Å². The molecule has 3 nitrogen and oxygen atoms in total. The van der Waals surface area contributed by atoms with E-state index in [4.69, 9.17) is 0 Å². The Hall–Kier alpha value is -1.64. The molecule has 0 spiro atoms. The lowest BCUT2D eigenvalue weighted by Gasteiger charge is -2.20. The number of imide groups is 1. The average Bonchev–Trinajstić information content (AvgIpc) is 2.33. The van der Waals surface area contributed by atoms with Crippen molar-refractivity contribution < 1.29 is 11.0 Å². The van der Waals surface area contributed by atoms with Crippen LogP contribution in [-0.4, -0.2) is 11.8 Å². The van der Waals surface area contributed by atoms with E-state index in [1.807, 2.05) is 0 Å². The third kappa shape index (κ3) is 2.97. The number of piperidine rings is 1. The van der Waals surface area contributed by atoms with Gasteiger partial charge in [-0.25, -0.2) is 0 Å². The number of hydrogen-bond donors (Lipinski definition) is 1. The molecule has 1 atom stereocenters. The maximum Gasteiger partial charge on any atom is 0.230 e. The Bertz CT molecular complexity index is 454. The van der Waals surface area contributed by atoms with Crippen molar-refractivity contribution in [3.8, 4) is 0 Å². The smallest absolute Gasteiger partial charge is 0.230 e. The monoisotopic (exact) mass is 247 g/mol. The third-order valence-electron chi connectivity index (χ3n) is 3.48. The van der Waals surface area contributed by atoms with E-state index in [0.717, 1.165) is 12.0 Å². The summed E-state index contributed by atoms with van der Waals surface area (Å²) in [5.74, 6) is 0.188. The Kier molecular flexibility index (Phi) is 3.80. The normalized spacial score (nSPS) is 20.1.